The van der Waals surface area contributed by atoms with E-state index in [0.29, 0.717) is 25.0 Å². The fourth-order valence-corrected chi connectivity index (χ4v) is 3.34. The lowest BCUT2D eigenvalue weighted by Crippen LogP contribution is -2.33. The van der Waals surface area contributed by atoms with Crippen molar-refractivity contribution in [3.8, 4) is 17.2 Å². The minimum atomic E-state index is -0.411. The van der Waals surface area contributed by atoms with Crippen molar-refractivity contribution in [2.75, 3.05) is 6.61 Å². The second kappa shape index (κ2) is 7.21. The van der Waals surface area contributed by atoms with Crippen LogP contribution in [0.4, 0.5) is 0 Å². The smallest absolute Gasteiger partial charge is 0.437 e. The van der Waals surface area contributed by atoms with Crippen LogP contribution in [-0.4, -0.2) is 28.6 Å². The number of hydrogen-bond donors (Lipinski definition) is 0. The van der Waals surface area contributed by atoms with Gasteiger partial charge in [0.05, 0.1) is 25.4 Å². The Morgan fingerprint density at radius 1 is 1.21 bits per heavy atom. The van der Waals surface area contributed by atoms with Crippen LogP contribution in [0.5, 0.6) is 5.75 Å². The van der Waals surface area contributed by atoms with Crippen LogP contribution < -0.4 is 10.5 Å². The number of nitrogens with zero attached hydrogens (tertiary/aromatic N) is 2. The molecule has 1 aliphatic heterocycles. The summed E-state index contributed by atoms with van der Waals surface area (Å²) in [5, 5.41) is 4.36. The van der Waals surface area contributed by atoms with Crippen molar-refractivity contribution < 1.29 is 13.9 Å². The molecule has 0 amide bonds. The van der Waals surface area contributed by atoms with Gasteiger partial charge in [-0.25, -0.2) is 4.79 Å². The van der Waals surface area contributed by atoms with Crippen LogP contribution >= 0.6 is 0 Å². The largest absolute Gasteiger partial charge is 0.494 e. The Hall–Kier alpha value is -2.08. The number of aromatic nitrogens is 2. The summed E-state index contributed by atoms with van der Waals surface area (Å²) in [6, 6.07) is 7.39. The Labute approximate surface area is 141 Å². The van der Waals surface area contributed by atoms with Gasteiger partial charge >= 0.3 is 5.76 Å². The zero-order valence-corrected chi connectivity index (χ0v) is 14.4. The van der Waals surface area contributed by atoms with Gasteiger partial charge in [0.25, 0.3) is 0 Å². The summed E-state index contributed by atoms with van der Waals surface area (Å²) in [5.74, 6) is 1.09. The van der Waals surface area contributed by atoms with Crippen molar-refractivity contribution in [3.63, 3.8) is 0 Å². The number of benzene rings is 1. The minimum absolute atomic E-state index is 0.215. The van der Waals surface area contributed by atoms with Gasteiger partial charge in [0.1, 0.15) is 5.75 Å². The second-order valence-corrected chi connectivity index (χ2v) is 6.41. The molecule has 0 spiro atoms. The molecule has 0 saturated carbocycles. The maximum atomic E-state index is 12.1. The number of ether oxygens (including phenoxy) is 2. The molecule has 24 heavy (non-hydrogen) atoms. The van der Waals surface area contributed by atoms with E-state index in [1.807, 2.05) is 31.2 Å². The molecular weight excluding hydrogens is 308 g/mol. The van der Waals surface area contributed by atoms with E-state index in [0.717, 1.165) is 24.2 Å². The minimum Gasteiger partial charge on any atom is -0.494 e. The Balaban J connectivity index is 1.74. The maximum absolute atomic E-state index is 12.1. The molecule has 0 aliphatic carbocycles. The average Bonchev–Trinajstić information content (AvgIpc) is 2.88. The highest BCUT2D eigenvalue weighted by Crippen LogP contribution is 2.26. The van der Waals surface area contributed by atoms with Crippen molar-refractivity contribution in [1.82, 2.24) is 9.78 Å². The molecule has 3 rings (SSSR count). The van der Waals surface area contributed by atoms with Crippen LogP contribution in [0.2, 0.25) is 0 Å². The van der Waals surface area contributed by atoms with Gasteiger partial charge < -0.3 is 13.9 Å². The van der Waals surface area contributed by atoms with Crippen LogP contribution in [0.3, 0.4) is 0 Å². The summed E-state index contributed by atoms with van der Waals surface area (Å²) in [5.41, 5.74) is 0.767. The lowest BCUT2D eigenvalue weighted by atomic mass is 9.93. The van der Waals surface area contributed by atoms with E-state index in [-0.39, 0.29) is 12.2 Å². The van der Waals surface area contributed by atoms with E-state index in [9.17, 15) is 4.79 Å². The third-order valence-corrected chi connectivity index (χ3v) is 4.24. The standard InChI is InChI=1S/C18H24N2O4/c1-4-22-16-7-5-15(6-8-16)17-19-20(18(21)24-17)11-14-9-12(2)23-13(3)10-14/h5-8,12-14H,4,9-11H2,1-3H3/t12-,13+,14?. The summed E-state index contributed by atoms with van der Waals surface area (Å²) in [4.78, 5) is 12.1. The summed E-state index contributed by atoms with van der Waals surface area (Å²) in [6.45, 7) is 7.26. The molecule has 6 heteroatoms. The Morgan fingerprint density at radius 3 is 2.50 bits per heavy atom. The van der Waals surface area contributed by atoms with E-state index in [1.54, 1.807) is 0 Å². The third-order valence-electron chi connectivity index (χ3n) is 4.24. The molecule has 1 saturated heterocycles. The molecule has 1 fully saturated rings. The van der Waals surface area contributed by atoms with Crippen LogP contribution in [0.1, 0.15) is 33.6 Å². The maximum Gasteiger partial charge on any atom is 0.437 e. The van der Waals surface area contributed by atoms with Gasteiger partial charge in [-0.05, 0) is 63.8 Å². The molecule has 0 radical (unpaired) electrons. The molecule has 1 aromatic heterocycles. The van der Waals surface area contributed by atoms with Gasteiger partial charge in [0, 0.05) is 5.56 Å². The summed E-state index contributed by atoms with van der Waals surface area (Å²) in [7, 11) is 0. The highest BCUT2D eigenvalue weighted by molar-refractivity contribution is 5.53. The Morgan fingerprint density at radius 2 is 1.88 bits per heavy atom. The normalized spacial score (nSPS) is 24.0. The molecule has 1 aromatic carbocycles. The molecular formula is C18H24N2O4. The highest BCUT2D eigenvalue weighted by Gasteiger charge is 2.26. The first-order valence-corrected chi connectivity index (χ1v) is 8.51. The highest BCUT2D eigenvalue weighted by atomic mass is 16.5. The van der Waals surface area contributed by atoms with Crippen molar-refractivity contribution in [2.24, 2.45) is 5.92 Å². The van der Waals surface area contributed by atoms with Gasteiger partial charge in [0.15, 0.2) is 0 Å². The molecule has 1 aliphatic rings. The van der Waals surface area contributed by atoms with Crippen molar-refractivity contribution >= 4 is 0 Å². The van der Waals surface area contributed by atoms with Crippen LogP contribution in [0.25, 0.3) is 11.5 Å². The molecule has 1 unspecified atom stereocenters. The monoisotopic (exact) mass is 332 g/mol. The van der Waals surface area contributed by atoms with Gasteiger partial charge in [-0.15, -0.1) is 5.10 Å². The molecule has 6 nitrogen and oxygen atoms in total. The summed E-state index contributed by atoms with van der Waals surface area (Å²) >= 11 is 0. The predicted molar refractivity (Wildman–Crippen MR) is 90.1 cm³/mol. The van der Waals surface area contributed by atoms with E-state index < -0.39 is 5.76 Å². The number of rotatable bonds is 5. The van der Waals surface area contributed by atoms with Gasteiger partial charge in [-0.3, -0.25) is 0 Å². The lowest BCUT2D eigenvalue weighted by Gasteiger charge is -2.31. The topological polar surface area (TPSA) is 66.5 Å². The van der Waals surface area contributed by atoms with Crippen LogP contribution in [0, 0.1) is 5.92 Å². The zero-order chi connectivity index (χ0) is 17.1. The van der Waals surface area contributed by atoms with Gasteiger partial charge in [0.2, 0.25) is 5.89 Å². The van der Waals surface area contributed by atoms with Crippen molar-refractivity contribution in [2.45, 2.75) is 52.4 Å². The Bertz CT molecular complexity index is 709. The molecule has 2 aromatic rings. The fourth-order valence-electron chi connectivity index (χ4n) is 3.34. The first-order valence-electron chi connectivity index (χ1n) is 8.51. The van der Waals surface area contributed by atoms with Crippen molar-refractivity contribution in [3.05, 3.63) is 34.8 Å². The molecule has 3 atom stereocenters. The van der Waals surface area contributed by atoms with Crippen LogP contribution in [0.15, 0.2) is 33.5 Å². The van der Waals surface area contributed by atoms with Crippen molar-refractivity contribution in [1.29, 1.82) is 0 Å². The molecule has 2 heterocycles. The molecule has 130 valence electrons. The quantitative estimate of drug-likeness (QED) is 0.841. The second-order valence-electron chi connectivity index (χ2n) is 6.41. The van der Waals surface area contributed by atoms with Gasteiger partial charge in [-0.1, -0.05) is 0 Å². The predicted octanol–water partition coefficient (Wildman–Crippen LogP) is 3.11. The Kier molecular flexibility index (Phi) is 5.04. The van der Waals surface area contributed by atoms with E-state index in [2.05, 4.69) is 18.9 Å². The summed E-state index contributed by atoms with van der Waals surface area (Å²) in [6.07, 6.45) is 2.29. The van der Waals surface area contributed by atoms with E-state index >= 15 is 0 Å². The number of hydrogen-bond acceptors (Lipinski definition) is 5. The zero-order valence-electron chi connectivity index (χ0n) is 14.4. The summed E-state index contributed by atoms with van der Waals surface area (Å²) < 4.78 is 17.9. The first kappa shape index (κ1) is 16.8. The SMILES string of the molecule is CCOc1ccc(-c2nn(CC3C[C@@H](C)O[C@@H](C)C3)c(=O)o2)cc1. The lowest BCUT2D eigenvalue weighted by molar-refractivity contribution is -0.0556. The average molecular weight is 332 g/mol. The first-order chi connectivity index (χ1) is 11.5. The fraction of sp³-hybridized carbons (Fsp3) is 0.556. The molecule has 0 N–H and O–H groups in total. The van der Waals surface area contributed by atoms with E-state index in [1.165, 1.54) is 4.68 Å². The van der Waals surface area contributed by atoms with Gasteiger partial charge in [-0.2, -0.15) is 4.68 Å². The van der Waals surface area contributed by atoms with E-state index in [4.69, 9.17) is 13.9 Å². The third kappa shape index (κ3) is 3.87. The molecule has 0 bridgehead atoms. The van der Waals surface area contributed by atoms with Crippen LogP contribution in [-0.2, 0) is 11.3 Å².